The molecule has 1 saturated heterocycles. The molecule has 1 saturated carbocycles. The van der Waals surface area contributed by atoms with Gasteiger partial charge in [0, 0.05) is 49.0 Å². The average molecular weight is 404 g/mol. The van der Waals surface area contributed by atoms with Crippen molar-refractivity contribution in [3.05, 3.63) is 59.2 Å². The Kier molecular flexibility index (Phi) is 5.30. The van der Waals surface area contributed by atoms with E-state index in [9.17, 15) is 9.59 Å². The fourth-order valence-electron chi connectivity index (χ4n) is 4.85. The summed E-state index contributed by atoms with van der Waals surface area (Å²) in [6.45, 7) is 3.03. The van der Waals surface area contributed by atoms with Gasteiger partial charge in [0.05, 0.1) is 0 Å². The van der Waals surface area contributed by atoms with Crippen LogP contribution in [0.4, 0.5) is 11.4 Å². The first kappa shape index (κ1) is 19.3. The number of fused-ring (bicyclic) bond motifs is 1. The Morgan fingerprint density at radius 2 is 1.63 bits per heavy atom. The summed E-state index contributed by atoms with van der Waals surface area (Å²) in [5, 5.41) is 3.05. The lowest BCUT2D eigenvalue weighted by molar-refractivity contribution is -0.117. The number of carbonyl (C=O) groups is 2. The maximum atomic E-state index is 12.7. The molecule has 30 heavy (non-hydrogen) atoms. The van der Waals surface area contributed by atoms with E-state index in [2.05, 4.69) is 22.3 Å². The topological polar surface area (TPSA) is 52.7 Å². The van der Waals surface area contributed by atoms with E-state index in [1.165, 1.54) is 30.4 Å². The zero-order chi connectivity index (χ0) is 20.5. The third-order valence-electron chi connectivity index (χ3n) is 6.91. The summed E-state index contributed by atoms with van der Waals surface area (Å²) in [7, 11) is 0. The highest BCUT2D eigenvalue weighted by Crippen LogP contribution is 2.28. The van der Waals surface area contributed by atoms with E-state index in [1.807, 2.05) is 18.2 Å². The Morgan fingerprint density at radius 1 is 0.867 bits per heavy atom. The van der Waals surface area contributed by atoms with E-state index in [-0.39, 0.29) is 11.8 Å². The maximum Gasteiger partial charge on any atom is 0.255 e. The molecule has 5 rings (SSSR count). The molecule has 0 aromatic heterocycles. The number of anilines is 2. The second-order valence-electron chi connectivity index (χ2n) is 8.75. The van der Waals surface area contributed by atoms with Crippen molar-refractivity contribution in [3.63, 3.8) is 0 Å². The number of benzene rings is 2. The Labute approximate surface area is 178 Å². The van der Waals surface area contributed by atoms with Crippen LogP contribution in [0.2, 0.25) is 0 Å². The first-order chi connectivity index (χ1) is 14.7. The number of amides is 2. The Morgan fingerprint density at radius 3 is 2.30 bits per heavy atom. The van der Waals surface area contributed by atoms with Crippen LogP contribution in [0.1, 0.15) is 53.6 Å². The Balaban J connectivity index is 1.24. The molecule has 3 aliphatic rings. The fourth-order valence-corrected chi connectivity index (χ4v) is 4.85. The average Bonchev–Trinajstić information content (AvgIpc) is 3.04. The lowest BCUT2D eigenvalue weighted by atomic mass is 9.91. The van der Waals surface area contributed by atoms with Gasteiger partial charge in [0.15, 0.2) is 0 Å². The predicted molar refractivity (Wildman–Crippen MR) is 119 cm³/mol. The second-order valence-corrected chi connectivity index (χ2v) is 8.75. The van der Waals surface area contributed by atoms with E-state index < -0.39 is 0 Å². The van der Waals surface area contributed by atoms with Gasteiger partial charge in [-0.1, -0.05) is 12.5 Å². The summed E-state index contributed by atoms with van der Waals surface area (Å²) >= 11 is 0. The molecule has 5 nitrogen and oxygen atoms in total. The Hall–Kier alpha value is -2.66. The third-order valence-corrected chi connectivity index (χ3v) is 6.91. The van der Waals surface area contributed by atoms with Crippen molar-refractivity contribution in [2.24, 2.45) is 0 Å². The van der Waals surface area contributed by atoms with Gasteiger partial charge in [-0.2, -0.15) is 0 Å². The summed E-state index contributed by atoms with van der Waals surface area (Å²) in [5.74, 6) is 0.0482. The molecule has 2 aliphatic heterocycles. The molecule has 2 aromatic carbocycles. The van der Waals surface area contributed by atoms with Crippen LogP contribution >= 0.6 is 0 Å². The number of hydrogen-bond donors (Lipinski definition) is 1. The molecule has 0 atom stereocenters. The van der Waals surface area contributed by atoms with Gasteiger partial charge < -0.3 is 10.2 Å². The molecule has 2 heterocycles. The van der Waals surface area contributed by atoms with Gasteiger partial charge in [0.2, 0.25) is 5.91 Å². The van der Waals surface area contributed by atoms with Crippen LogP contribution in [-0.4, -0.2) is 42.4 Å². The van der Waals surface area contributed by atoms with Crippen molar-refractivity contribution < 1.29 is 9.59 Å². The molecule has 0 radical (unpaired) electrons. The normalized spacial score (nSPS) is 19.9. The highest BCUT2D eigenvalue weighted by molar-refractivity contribution is 6.05. The smallest absolute Gasteiger partial charge is 0.255 e. The highest BCUT2D eigenvalue weighted by Gasteiger charge is 2.26. The molecule has 0 spiro atoms. The first-order valence-electron chi connectivity index (χ1n) is 11.2. The van der Waals surface area contributed by atoms with E-state index in [0.29, 0.717) is 12.0 Å². The van der Waals surface area contributed by atoms with Gasteiger partial charge in [0.1, 0.15) is 0 Å². The van der Waals surface area contributed by atoms with E-state index >= 15 is 0 Å². The molecule has 0 unspecified atom stereocenters. The molecule has 1 aliphatic carbocycles. The van der Waals surface area contributed by atoms with Gasteiger partial charge in [0.25, 0.3) is 5.91 Å². The van der Waals surface area contributed by atoms with Gasteiger partial charge >= 0.3 is 0 Å². The molecule has 1 N–H and O–H groups in total. The molecule has 5 heteroatoms. The third kappa shape index (κ3) is 3.86. The van der Waals surface area contributed by atoms with Crippen LogP contribution in [-0.2, 0) is 17.6 Å². The number of rotatable bonds is 4. The van der Waals surface area contributed by atoms with Crippen molar-refractivity contribution in [2.45, 2.75) is 51.0 Å². The van der Waals surface area contributed by atoms with Crippen molar-refractivity contribution >= 4 is 23.2 Å². The zero-order valence-electron chi connectivity index (χ0n) is 17.4. The van der Waals surface area contributed by atoms with E-state index in [1.54, 1.807) is 17.0 Å². The van der Waals surface area contributed by atoms with Gasteiger partial charge in [-0.05, 0) is 79.6 Å². The van der Waals surface area contributed by atoms with Crippen LogP contribution in [0.5, 0.6) is 0 Å². The summed E-state index contributed by atoms with van der Waals surface area (Å²) in [6.07, 6.45) is 7.73. The van der Waals surface area contributed by atoms with Crippen molar-refractivity contribution in [1.82, 2.24) is 4.90 Å². The molecular weight excluding hydrogens is 374 g/mol. The maximum absolute atomic E-state index is 12.7. The number of nitrogens with zero attached hydrogens (tertiary/aromatic N) is 2. The van der Waals surface area contributed by atoms with Crippen LogP contribution in [0.15, 0.2) is 42.5 Å². The molecular formula is C25H29N3O2. The van der Waals surface area contributed by atoms with Crippen LogP contribution < -0.4 is 10.2 Å². The zero-order valence-corrected chi connectivity index (χ0v) is 17.4. The molecule has 2 aromatic rings. The molecule has 156 valence electrons. The summed E-state index contributed by atoms with van der Waals surface area (Å²) in [6, 6.07) is 14.5. The van der Waals surface area contributed by atoms with Gasteiger partial charge in [-0.15, -0.1) is 0 Å². The number of nitrogens with one attached hydrogen (secondary N) is 1. The first-order valence-corrected chi connectivity index (χ1v) is 11.2. The molecule has 2 amide bonds. The number of carbonyl (C=O) groups excluding carboxylic acids is 2. The van der Waals surface area contributed by atoms with Crippen molar-refractivity contribution in [3.8, 4) is 0 Å². The minimum atomic E-state index is -0.112. The lowest BCUT2D eigenvalue weighted by Crippen LogP contribution is -2.41. The van der Waals surface area contributed by atoms with Crippen LogP contribution in [0.25, 0.3) is 0 Å². The Bertz CT molecular complexity index is 949. The SMILES string of the molecule is O=C(Nc1ccc2c(c1)CCN(C1CCC1)CC2)c1ccc(N2CCCC2=O)cc1. The van der Waals surface area contributed by atoms with Gasteiger partial charge in [-0.25, -0.2) is 0 Å². The van der Waals surface area contributed by atoms with Crippen LogP contribution in [0.3, 0.4) is 0 Å². The monoisotopic (exact) mass is 403 g/mol. The minimum absolute atomic E-state index is 0.112. The second kappa shape index (κ2) is 8.23. The van der Waals surface area contributed by atoms with Crippen LogP contribution in [0, 0.1) is 0 Å². The highest BCUT2D eigenvalue weighted by atomic mass is 16.2. The predicted octanol–water partition coefficient (Wildman–Crippen LogP) is 4.02. The van der Waals surface area contributed by atoms with E-state index in [0.717, 1.165) is 56.3 Å². The number of hydrogen-bond acceptors (Lipinski definition) is 3. The molecule has 0 bridgehead atoms. The fraction of sp³-hybridized carbons (Fsp3) is 0.440. The van der Waals surface area contributed by atoms with Crippen molar-refractivity contribution in [1.29, 1.82) is 0 Å². The van der Waals surface area contributed by atoms with Gasteiger partial charge in [-0.3, -0.25) is 14.5 Å². The minimum Gasteiger partial charge on any atom is -0.322 e. The summed E-state index contributed by atoms with van der Waals surface area (Å²) < 4.78 is 0. The standard InChI is InChI=1S/C25H29N3O2/c29-24-5-2-14-28(24)23-10-7-19(8-11-23)25(30)26-21-9-6-18-12-15-27(22-3-1-4-22)16-13-20(18)17-21/h6-11,17,22H,1-5,12-16H2,(H,26,30). The summed E-state index contributed by atoms with van der Waals surface area (Å²) in [4.78, 5) is 29.1. The lowest BCUT2D eigenvalue weighted by Gasteiger charge is -2.36. The van der Waals surface area contributed by atoms with Crippen molar-refractivity contribution in [2.75, 3.05) is 29.9 Å². The largest absolute Gasteiger partial charge is 0.322 e. The molecule has 2 fully saturated rings. The quantitative estimate of drug-likeness (QED) is 0.839. The van der Waals surface area contributed by atoms with E-state index in [4.69, 9.17) is 0 Å². The summed E-state index contributed by atoms with van der Waals surface area (Å²) in [5.41, 5.74) is 5.10.